The molecule has 1 saturated heterocycles. The van der Waals surface area contributed by atoms with Crippen molar-refractivity contribution in [3.8, 4) is 5.75 Å². The highest BCUT2D eigenvalue weighted by atomic mass is 32.2. The fraction of sp³-hybridized carbons (Fsp3) is 0.435. The molecule has 0 atom stereocenters. The molecule has 1 aliphatic heterocycles. The minimum Gasteiger partial charge on any atom is -0.497 e. The minimum atomic E-state index is -3.51. The van der Waals surface area contributed by atoms with Crippen molar-refractivity contribution in [1.82, 2.24) is 9.21 Å². The topological polar surface area (TPSA) is 66.9 Å². The second-order valence-corrected chi connectivity index (χ2v) is 9.85. The van der Waals surface area contributed by atoms with Gasteiger partial charge in [0.05, 0.1) is 12.0 Å². The average molecular weight is 429 g/mol. The van der Waals surface area contributed by atoms with Gasteiger partial charge >= 0.3 is 0 Å². The Labute approximate surface area is 178 Å². The van der Waals surface area contributed by atoms with Gasteiger partial charge in [-0.25, -0.2) is 8.42 Å². The van der Waals surface area contributed by atoms with E-state index in [2.05, 4.69) is 0 Å². The van der Waals surface area contributed by atoms with Crippen molar-refractivity contribution in [3.05, 3.63) is 59.2 Å². The van der Waals surface area contributed by atoms with Gasteiger partial charge in [0.15, 0.2) is 0 Å². The van der Waals surface area contributed by atoms with Crippen LogP contribution in [0.5, 0.6) is 5.75 Å². The van der Waals surface area contributed by atoms with Gasteiger partial charge in [0.2, 0.25) is 15.9 Å². The molecule has 4 rings (SSSR count). The number of rotatable bonds is 6. The number of methoxy groups -OCH3 is 1. The Bertz CT molecular complexity index is 1010. The quantitative estimate of drug-likeness (QED) is 0.710. The summed E-state index contributed by atoms with van der Waals surface area (Å²) >= 11 is 0. The van der Waals surface area contributed by atoms with Crippen molar-refractivity contribution in [2.75, 3.05) is 33.3 Å². The van der Waals surface area contributed by atoms with E-state index in [0.717, 1.165) is 36.1 Å². The number of piperazine rings is 1. The summed E-state index contributed by atoms with van der Waals surface area (Å²) in [5.41, 5.74) is 3.51. The number of sulfonamides is 1. The van der Waals surface area contributed by atoms with Gasteiger partial charge in [-0.1, -0.05) is 18.2 Å². The van der Waals surface area contributed by atoms with Crippen LogP contribution >= 0.6 is 0 Å². The molecule has 0 aromatic heterocycles. The van der Waals surface area contributed by atoms with Crippen LogP contribution in [0.25, 0.3) is 0 Å². The lowest BCUT2D eigenvalue weighted by molar-refractivity contribution is -0.132. The van der Waals surface area contributed by atoms with Gasteiger partial charge in [0, 0.05) is 32.6 Å². The number of fused-ring (bicyclic) bond motifs is 1. The highest BCUT2D eigenvalue weighted by Crippen LogP contribution is 2.27. The van der Waals surface area contributed by atoms with Crippen LogP contribution in [0.2, 0.25) is 0 Å². The molecule has 7 heteroatoms. The third-order valence-electron chi connectivity index (χ3n) is 6.09. The van der Waals surface area contributed by atoms with Crippen LogP contribution in [0.4, 0.5) is 0 Å². The maximum atomic E-state index is 13.0. The zero-order chi connectivity index (χ0) is 21.1. The molecule has 0 spiro atoms. The molecule has 0 unspecified atom stereocenters. The van der Waals surface area contributed by atoms with Gasteiger partial charge < -0.3 is 9.64 Å². The first kappa shape index (κ1) is 20.9. The molecule has 30 heavy (non-hydrogen) atoms. The van der Waals surface area contributed by atoms with Crippen molar-refractivity contribution in [1.29, 1.82) is 0 Å². The van der Waals surface area contributed by atoms with Crippen molar-refractivity contribution in [3.63, 3.8) is 0 Å². The predicted molar refractivity (Wildman–Crippen MR) is 115 cm³/mol. The molecule has 2 aliphatic rings. The highest BCUT2D eigenvalue weighted by Gasteiger charge is 2.30. The minimum absolute atomic E-state index is 0.0698. The number of carbonyl (C=O) groups excluding carboxylic acids is 1. The zero-order valence-corrected chi connectivity index (χ0v) is 18.2. The highest BCUT2D eigenvalue weighted by molar-refractivity contribution is 7.89. The Hall–Kier alpha value is -2.38. The molecule has 160 valence electrons. The largest absolute Gasteiger partial charge is 0.497 e. The Morgan fingerprint density at radius 1 is 0.967 bits per heavy atom. The molecule has 1 amide bonds. The smallest absolute Gasteiger partial charge is 0.243 e. The molecule has 6 nitrogen and oxygen atoms in total. The Morgan fingerprint density at radius 2 is 1.67 bits per heavy atom. The van der Waals surface area contributed by atoms with Crippen molar-refractivity contribution >= 4 is 15.9 Å². The lowest BCUT2D eigenvalue weighted by Gasteiger charge is -2.34. The first-order valence-corrected chi connectivity index (χ1v) is 11.9. The molecule has 1 aliphatic carbocycles. The standard InChI is InChI=1S/C23H28N2O4S/c1-29-21-9-5-18(6-10-21)7-12-23(26)24-13-15-25(16-14-24)30(27,28)22-11-8-19-3-2-4-20(19)17-22/h5-6,8-11,17H,2-4,7,12-16H2,1H3. The number of hydrogen-bond acceptors (Lipinski definition) is 4. The van der Waals surface area contributed by atoms with Crippen LogP contribution in [0, 0.1) is 0 Å². The van der Waals surface area contributed by atoms with Crippen molar-refractivity contribution < 1.29 is 17.9 Å². The van der Waals surface area contributed by atoms with Crippen LogP contribution in [0.3, 0.4) is 0 Å². The maximum absolute atomic E-state index is 13.0. The number of hydrogen-bond donors (Lipinski definition) is 0. The lowest BCUT2D eigenvalue weighted by atomic mass is 10.1. The van der Waals surface area contributed by atoms with E-state index in [9.17, 15) is 13.2 Å². The molecule has 0 saturated carbocycles. The van der Waals surface area contributed by atoms with Gasteiger partial charge in [0.1, 0.15) is 5.75 Å². The van der Waals surface area contributed by atoms with Crippen LogP contribution in [0.1, 0.15) is 29.5 Å². The molecule has 0 bridgehead atoms. The average Bonchev–Trinajstić information content (AvgIpc) is 3.26. The van der Waals surface area contributed by atoms with Gasteiger partial charge in [-0.05, 0) is 66.6 Å². The van der Waals surface area contributed by atoms with Gasteiger partial charge in [-0.15, -0.1) is 0 Å². The van der Waals surface area contributed by atoms with Crippen LogP contribution in [-0.4, -0.2) is 56.8 Å². The lowest BCUT2D eigenvalue weighted by Crippen LogP contribution is -2.50. The van der Waals surface area contributed by atoms with E-state index in [1.807, 2.05) is 36.4 Å². The van der Waals surface area contributed by atoms with Crippen LogP contribution < -0.4 is 4.74 Å². The van der Waals surface area contributed by atoms with Gasteiger partial charge in [0.25, 0.3) is 0 Å². The third kappa shape index (κ3) is 4.37. The molecular formula is C23H28N2O4S. The summed E-state index contributed by atoms with van der Waals surface area (Å²) in [6, 6.07) is 13.2. The Morgan fingerprint density at radius 3 is 2.37 bits per heavy atom. The molecular weight excluding hydrogens is 400 g/mol. The zero-order valence-electron chi connectivity index (χ0n) is 17.3. The molecule has 1 heterocycles. The number of nitrogens with zero attached hydrogens (tertiary/aromatic N) is 2. The third-order valence-corrected chi connectivity index (χ3v) is 7.98. The van der Waals surface area contributed by atoms with E-state index < -0.39 is 10.0 Å². The number of ether oxygens (including phenoxy) is 1. The molecule has 0 N–H and O–H groups in total. The summed E-state index contributed by atoms with van der Waals surface area (Å²) in [5, 5.41) is 0. The van der Waals surface area contributed by atoms with Crippen LogP contribution in [-0.2, 0) is 34.1 Å². The van der Waals surface area contributed by atoms with Crippen LogP contribution in [0.15, 0.2) is 47.4 Å². The monoisotopic (exact) mass is 428 g/mol. The van der Waals surface area contributed by atoms with Crippen molar-refractivity contribution in [2.24, 2.45) is 0 Å². The maximum Gasteiger partial charge on any atom is 0.243 e. The van der Waals surface area contributed by atoms with Gasteiger partial charge in [-0.3, -0.25) is 4.79 Å². The first-order chi connectivity index (χ1) is 14.5. The second kappa shape index (κ2) is 8.78. The van der Waals surface area contributed by atoms with E-state index in [1.54, 1.807) is 18.1 Å². The first-order valence-electron chi connectivity index (χ1n) is 10.5. The predicted octanol–water partition coefficient (Wildman–Crippen LogP) is 2.65. The SMILES string of the molecule is COc1ccc(CCC(=O)N2CCN(S(=O)(=O)c3ccc4c(c3)CCC4)CC2)cc1. The van der Waals surface area contributed by atoms with Gasteiger partial charge in [-0.2, -0.15) is 4.31 Å². The normalized spacial score (nSPS) is 17.0. The summed E-state index contributed by atoms with van der Waals surface area (Å²) < 4.78 is 32.7. The summed E-state index contributed by atoms with van der Waals surface area (Å²) in [5.74, 6) is 0.867. The van der Waals surface area contributed by atoms with Crippen molar-refractivity contribution in [2.45, 2.75) is 37.0 Å². The van der Waals surface area contributed by atoms with E-state index in [1.165, 1.54) is 9.87 Å². The number of aryl methyl sites for hydroxylation is 3. The second-order valence-electron chi connectivity index (χ2n) is 7.92. The van der Waals surface area contributed by atoms with E-state index in [-0.39, 0.29) is 5.91 Å². The summed E-state index contributed by atoms with van der Waals surface area (Å²) in [6.07, 6.45) is 4.17. The molecule has 0 radical (unpaired) electrons. The molecule has 2 aromatic rings. The van der Waals surface area contributed by atoms with E-state index in [4.69, 9.17) is 4.74 Å². The number of carbonyl (C=O) groups is 1. The Balaban J connectivity index is 1.32. The fourth-order valence-electron chi connectivity index (χ4n) is 4.24. The van der Waals surface area contributed by atoms with E-state index in [0.29, 0.717) is 43.9 Å². The number of amides is 1. The molecule has 1 fully saturated rings. The summed E-state index contributed by atoms with van der Waals surface area (Å²) in [4.78, 5) is 14.7. The number of benzene rings is 2. The summed E-state index contributed by atoms with van der Waals surface area (Å²) in [6.45, 7) is 1.55. The van der Waals surface area contributed by atoms with E-state index >= 15 is 0 Å². The fourth-order valence-corrected chi connectivity index (χ4v) is 5.71. The Kier molecular flexibility index (Phi) is 6.11. The molecule has 2 aromatic carbocycles. The summed E-state index contributed by atoms with van der Waals surface area (Å²) in [7, 11) is -1.88.